The van der Waals surface area contributed by atoms with Crippen LogP contribution in [-0.4, -0.2) is 9.13 Å². The molecule has 3 heterocycles. The molecule has 0 bridgehead atoms. The zero-order chi connectivity index (χ0) is 22.2. The van der Waals surface area contributed by atoms with Crippen LogP contribution in [0.5, 0.6) is 0 Å². The molecular weight excluding hydrogens is 412 g/mol. The Morgan fingerprint density at radius 3 is 1.65 bits per heavy atom. The van der Waals surface area contributed by atoms with Crippen LogP contribution in [0.2, 0.25) is 0 Å². The van der Waals surface area contributed by atoms with Gasteiger partial charge < -0.3 is 9.13 Å². The fourth-order valence-corrected chi connectivity index (χ4v) is 5.87. The van der Waals surface area contributed by atoms with Gasteiger partial charge in [0.2, 0.25) is 0 Å². The molecule has 0 radical (unpaired) electrons. The molecule has 0 fully saturated rings. The molecule has 0 amide bonds. The van der Waals surface area contributed by atoms with Crippen LogP contribution in [0.25, 0.3) is 67.1 Å². The molecule has 2 aromatic heterocycles. The average Bonchev–Trinajstić information content (AvgIpc) is 3.34. The van der Waals surface area contributed by atoms with E-state index in [2.05, 4.69) is 130 Å². The second-order valence-electron chi connectivity index (χ2n) is 9.01. The summed E-state index contributed by atoms with van der Waals surface area (Å²) in [5, 5.41) is 5.15. The van der Waals surface area contributed by atoms with Crippen molar-refractivity contribution in [2.75, 3.05) is 0 Å². The van der Waals surface area contributed by atoms with Crippen LogP contribution < -0.4 is 0 Å². The smallest absolute Gasteiger partial charge is 0.0634 e. The van der Waals surface area contributed by atoms with Crippen molar-refractivity contribution < 1.29 is 0 Å². The lowest BCUT2D eigenvalue weighted by Gasteiger charge is -2.14. The molecule has 7 aromatic rings. The molecular formula is C32H20N2. The first-order chi connectivity index (χ1) is 16.9. The minimum Gasteiger partial charge on any atom is -0.309 e. The summed E-state index contributed by atoms with van der Waals surface area (Å²) in [5.41, 5.74) is 9.89. The summed E-state index contributed by atoms with van der Waals surface area (Å²) in [6, 6.07) is 39.5. The third kappa shape index (κ3) is 2.20. The summed E-state index contributed by atoms with van der Waals surface area (Å²) in [6.07, 6.45) is 4.58. The highest BCUT2D eigenvalue weighted by Gasteiger charge is 2.22. The van der Waals surface area contributed by atoms with E-state index in [0.29, 0.717) is 0 Å². The molecule has 0 N–H and O–H groups in total. The molecule has 0 aliphatic carbocycles. The number of fused-ring (bicyclic) bond motifs is 8. The largest absolute Gasteiger partial charge is 0.309 e. The van der Waals surface area contributed by atoms with E-state index < -0.39 is 0 Å². The zero-order valence-corrected chi connectivity index (χ0v) is 18.4. The average molecular weight is 433 g/mol. The third-order valence-corrected chi connectivity index (χ3v) is 7.28. The monoisotopic (exact) mass is 432 g/mol. The van der Waals surface area contributed by atoms with E-state index >= 15 is 0 Å². The van der Waals surface area contributed by atoms with Crippen LogP contribution in [0.4, 0.5) is 0 Å². The second kappa shape index (κ2) is 6.49. The molecule has 1 aliphatic rings. The lowest BCUT2D eigenvalue weighted by Crippen LogP contribution is -2.00. The van der Waals surface area contributed by atoms with Crippen molar-refractivity contribution >= 4 is 55.8 Å². The molecule has 8 rings (SSSR count). The molecule has 2 heteroatoms. The Morgan fingerprint density at radius 2 is 0.941 bits per heavy atom. The van der Waals surface area contributed by atoms with E-state index in [4.69, 9.17) is 0 Å². The fourth-order valence-electron chi connectivity index (χ4n) is 5.87. The number of nitrogens with zero attached hydrogens (tertiary/aromatic N) is 2. The highest BCUT2D eigenvalue weighted by molar-refractivity contribution is 6.15. The highest BCUT2D eigenvalue weighted by atomic mass is 15.0. The summed E-state index contributed by atoms with van der Waals surface area (Å²) in [6.45, 7) is 0. The van der Waals surface area contributed by atoms with Crippen molar-refractivity contribution in [3.05, 3.63) is 120 Å². The van der Waals surface area contributed by atoms with Gasteiger partial charge in [-0.25, -0.2) is 0 Å². The van der Waals surface area contributed by atoms with E-state index in [-0.39, 0.29) is 0 Å². The third-order valence-electron chi connectivity index (χ3n) is 7.28. The minimum absolute atomic E-state index is 1.21. The molecule has 0 unspecified atom stereocenters. The van der Waals surface area contributed by atoms with E-state index in [9.17, 15) is 0 Å². The zero-order valence-electron chi connectivity index (χ0n) is 18.4. The Morgan fingerprint density at radius 1 is 0.382 bits per heavy atom. The summed E-state index contributed by atoms with van der Waals surface area (Å²) < 4.78 is 4.88. The molecule has 0 saturated carbocycles. The molecule has 34 heavy (non-hydrogen) atoms. The van der Waals surface area contributed by atoms with Gasteiger partial charge in [-0.05, 0) is 35.9 Å². The van der Waals surface area contributed by atoms with Gasteiger partial charge in [-0.2, -0.15) is 0 Å². The molecule has 0 saturated heterocycles. The van der Waals surface area contributed by atoms with Crippen molar-refractivity contribution in [3.63, 3.8) is 0 Å². The van der Waals surface area contributed by atoms with Gasteiger partial charge in [0.15, 0.2) is 0 Å². The van der Waals surface area contributed by atoms with Gasteiger partial charge in [0, 0.05) is 27.1 Å². The Labute approximate surface area is 196 Å². The van der Waals surface area contributed by atoms with Crippen molar-refractivity contribution in [3.8, 4) is 11.4 Å². The Bertz CT molecular complexity index is 1910. The van der Waals surface area contributed by atoms with E-state index in [1.165, 1.54) is 66.1 Å². The molecule has 158 valence electrons. The summed E-state index contributed by atoms with van der Waals surface area (Å²) >= 11 is 0. The molecule has 1 aliphatic heterocycles. The van der Waals surface area contributed by atoms with Gasteiger partial charge in [0.25, 0.3) is 0 Å². The van der Waals surface area contributed by atoms with Crippen LogP contribution in [-0.2, 0) is 0 Å². The van der Waals surface area contributed by atoms with Gasteiger partial charge in [-0.15, -0.1) is 0 Å². The van der Waals surface area contributed by atoms with Gasteiger partial charge in [-0.1, -0.05) is 91.0 Å². The van der Waals surface area contributed by atoms with E-state index in [0.717, 1.165) is 0 Å². The maximum absolute atomic E-state index is 2.45. The van der Waals surface area contributed by atoms with E-state index in [1.807, 2.05) is 0 Å². The molecule has 5 aromatic carbocycles. The normalized spacial score (nSPS) is 12.6. The van der Waals surface area contributed by atoms with Crippen LogP contribution in [0, 0.1) is 0 Å². The summed E-state index contributed by atoms with van der Waals surface area (Å²) in [7, 11) is 0. The predicted octanol–water partition coefficient (Wildman–Crippen LogP) is 8.36. The number of hydrogen-bond donors (Lipinski definition) is 0. The number of hydrogen-bond acceptors (Lipinski definition) is 0. The first kappa shape index (κ1) is 17.9. The Balaban J connectivity index is 1.61. The number of aromatic nitrogens is 2. The number of para-hydroxylation sites is 4. The molecule has 2 nitrogen and oxygen atoms in total. The highest BCUT2D eigenvalue weighted by Crippen LogP contribution is 2.42. The maximum atomic E-state index is 2.45. The van der Waals surface area contributed by atoms with Crippen LogP contribution >= 0.6 is 0 Å². The lowest BCUT2D eigenvalue weighted by atomic mass is 10.1. The van der Waals surface area contributed by atoms with Crippen LogP contribution in [0.3, 0.4) is 0 Å². The lowest BCUT2D eigenvalue weighted by molar-refractivity contribution is 1.15. The Hall–Kier alpha value is -4.56. The van der Waals surface area contributed by atoms with Gasteiger partial charge >= 0.3 is 0 Å². The maximum Gasteiger partial charge on any atom is 0.0634 e. The Kier molecular flexibility index (Phi) is 3.42. The number of benzene rings is 5. The SMILES string of the molecule is C1=Cc2c(-n3c4ccccc4c4ccccc43)ccc3c4ccccc4n(c23)-c2ccccc21. The topological polar surface area (TPSA) is 9.86 Å². The van der Waals surface area contributed by atoms with Crippen LogP contribution in [0.1, 0.15) is 11.1 Å². The molecule has 0 spiro atoms. The standard InChI is InChI=1S/C32H20N2/c1-5-13-27-21(9-1)17-18-26-31(20-19-25-24-12-4-8-16-30(24)34(27)32(25)26)33-28-14-6-2-10-22(28)23-11-3-7-15-29(23)33/h1-20H. The first-order valence-corrected chi connectivity index (χ1v) is 11.7. The van der Waals surface area contributed by atoms with Gasteiger partial charge in [0.1, 0.15) is 0 Å². The quantitative estimate of drug-likeness (QED) is 0.247. The number of rotatable bonds is 1. The van der Waals surface area contributed by atoms with E-state index in [1.54, 1.807) is 0 Å². The predicted molar refractivity (Wildman–Crippen MR) is 144 cm³/mol. The van der Waals surface area contributed by atoms with Crippen LogP contribution in [0.15, 0.2) is 109 Å². The van der Waals surface area contributed by atoms with Gasteiger partial charge in [-0.3, -0.25) is 0 Å². The minimum atomic E-state index is 1.21. The van der Waals surface area contributed by atoms with Crippen molar-refractivity contribution in [1.82, 2.24) is 9.13 Å². The van der Waals surface area contributed by atoms with Crippen molar-refractivity contribution in [2.24, 2.45) is 0 Å². The first-order valence-electron chi connectivity index (χ1n) is 11.7. The summed E-state index contributed by atoms with van der Waals surface area (Å²) in [5.74, 6) is 0. The fraction of sp³-hybridized carbons (Fsp3) is 0. The summed E-state index contributed by atoms with van der Waals surface area (Å²) in [4.78, 5) is 0. The van der Waals surface area contributed by atoms with Gasteiger partial charge in [0.05, 0.1) is 33.4 Å². The van der Waals surface area contributed by atoms with Crippen molar-refractivity contribution in [2.45, 2.75) is 0 Å². The van der Waals surface area contributed by atoms with Crippen molar-refractivity contribution in [1.29, 1.82) is 0 Å². The molecule has 0 atom stereocenters. The second-order valence-corrected chi connectivity index (χ2v) is 9.01.